The summed E-state index contributed by atoms with van der Waals surface area (Å²) >= 11 is 0. The molecule has 1 aromatic heterocycles. The van der Waals surface area contributed by atoms with Gasteiger partial charge in [-0.25, -0.2) is 0 Å². The van der Waals surface area contributed by atoms with Crippen LogP contribution in [0.5, 0.6) is 0 Å². The molecule has 6 nitrogen and oxygen atoms in total. The summed E-state index contributed by atoms with van der Waals surface area (Å²) in [5, 5.41) is 19.7. The average Bonchev–Trinajstić information content (AvgIpc) is 3.11. The first-order valence-corrected chi connectivity index (χ1v) is 9.46. The van der Waals surface area contributed by atoms with Crippen LogP contribution in [0.4, 0.5) is 0 Å². The van der Waals surface area contributed by atoms with Crippen LogP contribution in [0, 0.1) is 0 Å². The number of aliphatic hydroxyl groups is 1. The van der Waals surface area contributed by atoms with Crippen LogP contribution in [-0.4, -0.2) is 58.4 Å². The molecule has 0 radical (unpaired) electrons. The van der Waals surface area contributed by atoms with E-state index in [1.807, 2.05) is 6.07 Å². The van der Waals surface area contributed by atoms with Gasteiger partial charge in [-0.1, -0.05) is 19.3 Å². The van der Waals surface area contributed by atoms with Crippen LogP contribution in [0.1, 0.15) is 73.5 Å². The Kier molecular flexibility index (Phi) is 6.26. The van der Waals surface area contributed by atoms with Gasteiger partial charge in [-0.2, -0.15) is 5.10 Å². The van der Waals surface area contributed by atoms with Crippen molar-refractivity contribution in [1.82, 2.24) is 20.4 Å². The van der Waals surface area contributed by atoms with E-state index in [-0.39, 0.29) is 12.0 Å². The summed E-state index contributed by atoms with van der Waals surface area (Å²) in [7, 11) is 0. The molecule has 0 aromatic carbocycles. The molecule has 6 heteroatoms. The molecule has 1 saturated carbocycles. The highest BCUT2D eigenvalue weighted by Crippen LogP contribution is 2.31. The number of H-pyrrole nitrogens is 1. The number of aliphatic hydroxyl groups excluding tert-OH is 1. The van der Waals surface area contributed by atoms with Gasteiger partial charge in [0.25, 0.3) is 5.91 Å². The molecule has 1 aromatic rings. The average molecular weight is 334 g/mol. The van der Waals surface area contributed by atoms with Crippen molar-refractivity contribution in [2.45, 2.75) is 63.4 Å². The first-order valence-electron chi connectivity index (χ1n) is 9.46. The number of aromatic amines is 1. The quantitative estimate of drug-likeness (QED) is 0.695. The Hall–Kier alpha value is -1.40. The van der Waals surface area contributed by atoms with Crippen molar-refractivity contribution in [2.75, 3.05) is 26.2 Å². The van der Waals surface area contributed by atoms with Gasteiger partial charge in [0.15, 0.2) is 0 Å². The van der Waals surface area contributed by atoms with Gasteiger partial charge in [-0.05, 0) is 44.7 Å². The third-order valence-electron chi connectivity index (χ3n) is 5.37. The molecule has 1 amide bonds. The van der Waals surface area contributed by atoms with Crippen molar-refractivity contribution in [3.8, 4) is 0 Å². The molecule has 3 rings (SSSR count). The minimum Gasteiger partial charge on any atom is -0.393 e. The fourth-order valence-corrected chi connectivity index (χ4v) is 3.81. The van der Waals surface area contributed by atoms with Gasteiger partial charge in [0.2, 0.25) is 0 Å². The first-order chi connectivity index (χ1) is 11.7. The van der Waals surface area contributed by atoms with Gasteiger partial charge in [-0.3, -0.25) is 9.89 Å². The Morgan fingerprint density at radius 2 is 2.00 bits per heavy atom. The van der Waals surface area contributed by atoms with E-state index in [9.17, 15) is 9.90 Å². The van der Waals surface area contributed by atoms with E-state index >= 15 is 0 Å². The number of carbonyl (C=O) groups is 1. The number of rotatable bonds is 6. The monoisotopic (exact) mass is 334 g/mol. The number of carbonyl (C=O) groups excluding carboxylic acids is 1. The van der Waals surface area contributed by atoms with Crippen LogP contribution < -0.4 is 5.32 Å². The zero-order valence-corrected chi connectivity index (χ0v) is 14.5. The fraction of sp³-hybridized carbons (Fsp3) is 0.778. The van der Waals surface area contributed by atoms with Crippen LogP contribution in [0.15, 0.2) is 6.07 Å². The molecular formula is C18H30N4O2. The summed E-state index contributed by atoms with van der Waals surface area (Å²) in [6, 6.07) is 1.93. The summed E-state index contributed by atoms with van der Waals surface area (Å²) in [5.41, 5.74) is 1.63. The Labute approximate surface area is 144 Å². The van der Waals surface area contributed by atoms with E-state index in [2.05, 4.69) is 20.4 Å². The van der Waals surface area contributed by atoms with Crippen molar-refractivity contribution < 1.29 is 9.90 Å². The summed E-state index contributed by atoms with van der Waals surface area (Å²) < 4.78 is 0. The molecule has 1 aliphatic heterocycles. The van der Waals surface area contributed by atoms with E-state index in [1.54, 1.807) is 0 Å². The Balaban J connectivity index is 1.37. The van der Waals surface area contributed by atoms with Crippen LogP contribution in [0.2, 0.25) is 0 Å². The van der Waals surface area contributed by atoms with E-state index in [4.69, 9.17) is 0 Å². The Morgan fingerprint density at radius 3 is 2.75 bits per heavy atom. The zero-order chi connectivity index (χ0) is 16.8. The first kappa shape index (κ1) is 17.4. The van der Waals surface area contributed by atoms with E-state index in [0.29, 0.717) is 18.2 Å². The van der Waals surface area contributed by atoms with E-state index in [0.717, 1.165) is 44.6 Å². The van der Waals surface area contributed by atoms with Crippen LogP contribution >= 0.6 is 0 Å². The largest absolute Gasteiger partial charge is 0.393 e. The molecule has 134 valence electrons. The summed E-state index contributed by atoms with van der Waals surface area (Å²) in [4.78, 5) is 14.6. The third-order valence-corrected chi connectivity index (χ3v) is 5.37. The maximum atomic E-state index is 12.2. The number of piperidine rings is 1. The Bertz CT molecular complexity index is 517. The number of aromatic nitrogens is 2. The number of nitrogens with one attached hydrogen (secondary N) is 2. The second-order valence-corrected chi connectivity index (χ2v) is 7.23. The zero-order valence-electron chi connectivity index (χ0n) is 14.5. The highest BCUT2D eigenvalue weighted by atomic mass is 16.3. The molecule has 0 atom stereocenters. The third kappa shape index (κ3) is 4.80. The molecule has 2 fully saturated rings. The number of amides is 1. The fourth-order valence-electron chi connectivity index (χ4n) is 3.81. The standard InChI is InChI=1S/C18H30N4O2/c23-15-7-11-22(12-8-15)10-4-9-19-18(24)17-13-16(20-21-17)14-5-2-1-3-6-14/h13-15,23H,1-12H2,(H,19,24)(H,20,21). The summed E-state index contributed by atoms with van der Waals surface area (Å²) in [6.45, 7) is 3.56. The van der Waals surface area contributed by atoms with Crippen molar-refractivity contribution in [2.24, 2.45) is 0 Å². The van der Waals surface area contributed by atoms with Gasteiger partial charge in [-0.15, -0.1) is 0 Å². The summed E-state index contributed by atoms with van der Waals surface area (Å²) in [6.07, 6.45) is 8.82. The van der Waals surface area contributed by atoms with Crippen LogP contribution in [0.25, 0.3) is 0 Å². The van der Waals surface area contributed by atoms with E-state index < -0.39 is 0 Å². The Morgan fingerprint density at radius 1 is 1.25 bits per heavy atom. The van der Waals surface area contributed by atoms with Gasteiger partial charge in [0.05, 0.1) is 6.10 Å². The lowest BCUT2D eigenvalue weighted by Gasteiger charge is -2.29. The number of likely N-dealkylation sites (tertiary alicyclic amines) is 1. The predicted octanol–water partition coefficient (Wildman–Crippen LogP) is 2.03. The highest BCUT2D eigenvalue weighted by molar-refractivity contribution is 5.92. The molecule has 3 N–H and O–H groups in total. The highest BCUT2D eigenvalue weighted by Gasteiger charge is 2.20. The van der Waals surface area contributed by atoms with Crippen LogP contribution in [0.3, 0.4) is 0 Å². The van der Waals surface area contributed by atoms with Crippen molar-refractivity contribution in [1.29, 1.82) is 0 Å². The van der Waals surface area contributed by atoms with Crippen molar-refractivity contribution in [3.05, 3.63) is 17.5 Å². The van der Waals surface area contributed by atoms with Gasteiger partial charge >= 0.3 is 0 Å². The minimum absolute atomic E-state index is 0.0811. The predicted molar refractivity (Wildman–Crippen MR) is 93.0 cm³/mol. The smallest absolute Gasteiger partial charge is 0.271 e. The minimum atomic E-state index is -0.126. The molecule has 1 aliphatic carbocycles. The molecule has 0 bridgehead atoms. The molecule has 2 heterocycles. The molecule has 2 aliphatic rings. The second kappa shape index (κ2) is 8.62. The van der Waals surface area contributed by atoms with Gasteiger partial charge < -0.3 is 15.3 Å². The second-order valence-electron chi connectivity index (χ2n) is 7.23. The maximum Gasteiger partial charge on any atom is 0.271 e. The van der Waals surface area contributed by atoms with Gasteiger partial charge in [0, 0.05) is 31.2 Å². The normalized spacial score (nSPS) is 21.0. The van der Waals surface area contributed by atoms with Crippen LogP contribution in [-0.2, 0) is 0 Å². The molecule has 1 saturated heterocycles. The summed E-state index contributed by atoms with van der Waals surface area (Å²) in [5.74, 6) is 0.463. The SMILES string of the molecule is O=C(NCCCN1CCC(O)CC1)c1cc(C2CCCCC2)[nH]n1. The number of hydrogen-bond donors (Lipinski definition) is 3. The van der Waals surface area contributed by atoms with Gasteiger partial charge in [0.1, 0.15) is 5.69 Å². The molecule has 24 heavy (non-hydrogen) atoms. The molecule has 0 spiro atoms. The van der Waals surface area contributed by atoms with E-state index in [1.165, 1.54) is 32.1 Å². The lowest BCUT2D eigenvalue weighted by atomic mass is 9.87. The molecule has 0 unspecified atom stereocenters. The maximum absolute atomic E-state index is 12.2. The lowest BCUT2D eigenvalue weighted by Crippen LogP contribution is -2.37. The van der Waals surface area contributed by atoms with Crippen molar-refractivity contribution in [3.63, 3.8) is 0 Å². The lowest BCUT2D eigenvalue weighted by molar-refractivity contribution is 0.0816. The number of hydrogen-bond acceptors (Lipinski definition) is 4. The number of nitrogens with zero attached hydrogens (tertiary/aromatic N) is 2. The molecular weight excluding hydrogens is 304 g/mol. The van der Waals surface area contributed by atoms with Crippen molar-refractivity contribution >= 4 is 5.91 Å². The topological polar surface area (TPSA) is 81.3 Å².